The van der Waals surface area contributed by atoms with Crippen LogP contribution in [0.2, 0.25) is 0 Å². The quantitative estimate of drug-likeness (QED) is 0.141. The molecule has 0 radical (unpaired) electrons. The molecular formula is C40H39NO6S. The highest BCUT2D eigenvalue weighted by Crippen LogP contribution is 2.30. The largest absolute Gasteiger partial charge is 0.456 e. The molecule has 0 saturated heterocycles. The first-order valence-electron chi connectivity index (χ1n) is 16.4. The van der Waals surface area contributed by atoms with Crippen molar-refractivity contribution in [3.05, 3.63) is 131 Å². The molecule has 0 saturated carbocycles. The fourth-order valence-electron chi connectivity index (χ4n) is 6.07. The van der Waals surface area contributed by atoms with Gasteiger partial charge in [0.15, 0.2) is 5.78 Å². The maximum absolute atomic E-state index is 13.8. The number of para-hydroxylation sites is 1. The van der Waals surface area contributed by atoms with Crippen LogP contribution in [0.3, 0.4) is 0 Å². The van der Waals surface area contributed by atoms with E-state index in [0.29, 0.717) is 19.3 Å². The maximum Gasteiger partial charge on any atom is 0.425 e. The van der Waals surface area contributed by atoms with Crippen LogP contribution in [0.1, 0.15) is 72.5 Å². The molecule has 1 N–H and O–H groups in total. The Morgan fingerprint density at radius 1 is 0.792 bits per heavy atom. The zero-order valence-electron chi connectivity index (χ0n) is 27.0. The van der Waals surface area contributed by atoms with E-state index in [1.165, 1.54) is 24.0 Å². The lowest BCUT2D eigenvalue weighted by Gasteiger charge is -2.18. The topological polar surface area (TPSA) is 111 Å². The molecular weight excluding hydrogens is 623 g/mol. The summed E-state index contributed by atoms with van der Waals surface area (Å²) in [4.78, 5) is 26.1. The van der Waals surface area contributed by atoms with E-state index in [2.05, 4.69) is 35.7 Å². The van der Waals surface area contributed by atoms with Gasteiger partial charge in [0, 0.05) is 34.5 Å². The fourth-order valence-corrected chi connectivity index (χ4v) is 6.07. The molecule has 5 aromatic rings. The molecule has 0 spiro atoms. The first-order valence-corrected chi connectivity index (χ1v) is 17.4. The van der Waals surface area contributed by atoms with E-state index in [9.17, 15) is 9.59 Å². The number of hydrogen-bond donors (Lipinski definition) is 1. The zero-order chi connectivity index (χ0) is 33.9. The SMILES string of the molecule is CCCC(=O)c1ccc(CC(Cc2ccc(C3=CCCCC3)cc2)C(=O)Nc2ccc(-c3cc4ccccc4o3)cc2)cc1.O=S(=O)=O. The summed E-state index contributed by atoms with van der Waals surface area (Å²) in [5.74, 6) is 0.663. The van der Waals surface area contributed by atoms with E-state index in [4.69, 9.17) is 17.0 Å². The van der Waals surface area contributed by atoms with Crippen molar-refractivity contribution in [3.63, 3.8) is 0 Å². The monoisotopic (exact) mass is 661 g/mol. The Hall–Kier alpha value is -5.08. The average molecular weight is 662 g/mol. The van der Waals surface area contributed by atoms with Crippen molar-refractivity contribution in [2.24, 2.45) is 5.92 Å². The van der Waals surface area contributed by atoms with Gasteiger partial charge in [-0.3, -0.25) is 9.59 Å². The molecule has 6 rings (SSSR count). The van der Waals surface area contributed by atoms with Crippen LogP contribution < -0.4 is 5.32 Å². The van der Waals surface area contributed by atoms with Crippen molar-refractivity contribution in [1.29, 1.82) is 0 Å². The van der Waals surface area contributed by atoms with Gasteiger partial charge in [0.1, 0.15) is 11.3 Å². The summed E-state index contributed by atoms with van der Waals surface area (Å²) in [5, 5.41) is 4.23. The normalized spacial score (nSPS) is 13.1. The summed E-state index contributed by atoms with van der Waals surface area (Å²) in [5.41, 5.74) is 8.19. The molecule has 1 aliphatic carbocycles. The van der Waals surface area contributed by atoms with Gasteiger partial charge in [-0.25, -0.2) is 0 Å². The number of carbonyl (C=O) groups is 2. The molecule has 1 atom stereocenters. The van der Waals surface area contributed by atoms with E-state index >= 15 is 0 Å². The van der Waals surface area contributed by atoms with Gasteiger partial charge >= 0.3 is 10.6 Å². The van der Waals surface area contributed by atoms with Crippen LogP contribution in [0.5, 0.6) is 0 Å². The van der Waals surface area contributed by atoms with E-state index in [0.717, 1.165) is 63.9 Å². The molecule has 1 heterocycles. The molecule has 48 heavy (non-hydrogen) atoms. The van der Waals surface area contributed by atoms with Crippen LogP contribution in [0.15, 0.2) is 114 Å². The standard InChI is InChI=1S/C40H39NO3.O3S/c1-2-8-37(42)32-19-15-29(16-20-32)26-35(25-28-13-17-31(18-14-28)30-9-4-3-5-10-30)40(43)41-36-23-21-33(22-24-36)39-27-34-11-6-7-12-38(34)44-39;1-4(2)3/h6-7,9,11-24,27,35H,2-5,8,10,25-26H2,1H3,(H,41,43);. The smallest absolute Gasteiger partial charge is 0.425 e. The Bertz CT molecular complexity index is 1950. The number of ketones is 1. The summed E-state index contributed by atoms with van der Waals surface area (Å²) in [6.07, 6.45) is 9.76. The molecule has 0 bridgehead atoms. The maximum atomic E-state index is 13.8. The molecule has 0 fully saturated rings. The molecule has 1 aliphatic rings. The first kappa shape index (κ1) is 34.3. The van der Waals surface area contributed by atoms with Crippen LogP contribution in [0.25, 0.3) is 27.9 Å². The minimum atomic E-state index is -3.11. The van der Waals surface area contributed by atoms with E-state index in [1.807, 2.05) is 85.8 Å². The summed E-state index contributed by atoms with van der Waals surface area (Å²) in [6.45, 7) is 2.01. The number of fused-ring (bicyclic) bond motifs is 1. The molecule has 4 aromatic carbocycles. The summed E-state index contributed by atoms with van der Waals surface area (Å²) >= 11 is 0. The summed E-state index contributed by atoms with van der Waals surface area (Å²) in [7, 11) is -3.11. The third kappa shape index (κ3) is 9.48. The number of hydrogen-bond acceptors (Lipinski definition) is 6. The molecule has 1 amide bonds. The van der Waals surface area contributed by atoms with Crippen molar-refractivity contribution in [2.75, 3.05) is 5.32 Å². The highest BCUT2D eigenvalue weighted by Gasteiger charge is 2.21. The van der Waals surface area contributed by atoms with Crippen LogP contribution in [-0.2, 0) is 28.2 Å². The van der Waals surface area contributed by atoms with Crippen molar-refractivity contribution in [3.8, 4) is 11.3 Å². The number of carbonyl (C=O) groups excluding carboxylic acids is 2. The average Bonchev–Trinajstić information content (AvgIpc) is 3.54. The molecule has 1 aromatic heterocycles. The van der Waals surface area contributed by atoms with E-state index in [1.54, 1.807) is 0 Å². The predicted octanol–water partition coefficient (Wildman–Crippen LogP) is 9.08. The zero-order valence-corrected chi connectivity index (χ0v) is 27.8. The van der Waals surface area contributed by atoms with Gasteiger partial charge in [-0.2, -0.15) is 0 Å². The number of benzene rings is 4. The van der Waals surface area contributed by atoms with Gasteiger partial charge < -0.3 is 9.73 Å². The molecule has 1 unspecified atom stereocenters. The molecule has 0 aliphatic heterocycles. The second-order valence-electron chi connectivity index (χ2n) is 12.1. The minimum absolute atomic E-state index is 0.0216. The highest BCUT2D eigenvalue weighted by atomic mass is 32.2. The third-order valence-corrected chi connectivity index (χ3v) is 8.57. The van der Waals surface area contributed by atoms with Crippen LogP contribution in [-0.4, -0.2) is 24.3 Å². The third-order valence-electron chi connectivity index (χ3n) is 8.57. The Labute approximate surface area is 282 Å². The number of allylic oxidation sites excluding steroid dienone is 2. The highest BCUT2D eigenvalue weighted by molar-refractivity contribution is 7.59. The van der Waals surface area contributed by atoms with Gasteiger partial charge in [0.05, 0.1) is 0 Å². The second-order valence-corrected chi connectivity index (χ2v) is 12.5. The fraction of sp³-hybridized carbons (Fsp3) is 0.250. The number of nitrogens with one attached hydrogen (secondary N) is 1. The Kier molecular flexibility index (Phi) is 11.9. The minimum Gasteiger partial charge on any atom is -0.456 e. The molecule has 246 valence electrons. The molecule has 7 nitrogen and oxygen atoms in total. The lowest BCUT2D eigenvalue weighted by molar-refractivity contribution is -0.119. The number of Topliss-reactive ketones (excluding diaryl/α,β-unsaturated/α-hetero) is 1. The first-order chi connectivity index (χ1) is 23.3. The van der Waals surface area contributed by atoms with Gasteiger partial charge in [0.2, 0.25) is 5.91 Å². The van der Waals surface area contributed by atoms with Crippen molar-refractivity contribution >= 4 is 44.5 Å². The lowest BCUT2D eigenvalue weighted by atomic mass is 9.89. The summed E-state index contributed by atoms with van der Waals surface area (Å²) in [6, 6.07) is 34.3. The van der Waals surface area contributed by atoms with Gasteiger partial charge in [-0.15, -0.1) is 12.6 Å². The summed E-state index contributed by atoms with van der Waals surface area (Å²) < 4.78 is 31.4. The Morgan fingerprint density at radius 3 is 2.02 bits per heavy atom. The second kappa shape index (κ2) is 16.7. The Morgan fingerprint density at radius 2 is 1.42 bits per heavy atom. The predicted molar refractivity (Wildman–Crippen MR) is 189 cm³/mol. The molecule has 8 heteroatoms. The van der Waals surface area contributed by atoms with Crippen LogP contribution in [0, 0.1) is 5.92 Å². The number of amides is 1. The van der Waals surface area contributed by atoms with Gasteiger partial charge in [-0.05, 0) is 104 Å². The van der Waals surface area contributed by atoms with Crippen molar-refractivity contribution in [2.45, 2.75) is 58.3 Å². The number of anilines is 1. The number of furan rings is 1. The van der Waals surface area contributed by atoms with Crippen molar-refractivity contribution in [1.82, 2.24) is 0 Å². The van der Waals surface area contributed by atoms with Crippen molar-refractivity contribution < 1.29 is 26.6 Å². The van der Waals surface area contributed by atoms with Gasteiger partial charge in [-0.1, -0.05) is 79.7 Å². The van der Waals surface area contributed by atoms with E-state index in [-0.39, 0.29) is 17.6 Å². The van der Waals surface area contributed by atoms with E-state index < -0.39 is 10.6 Å². The number of rotatable bonds is 11. The van der Waals surface area contributed by atoms with Crippen LogP contribution in [0.4, 0.5) is 5.69 Å². The Balaban J connectivity index is 0.00000107. The lowest BCUT2D eigenvalue weighted by Crippen LogP contribution is -2.26. The van der Waals surface area contributed by atoms with Gasteiger partial charge in [0.25, 0.3) is 0 Å². The van der Waals surface area contributed by atoms with Crippen LogP contribution >= 0.6 is 0 Å².